The fourth-order valence-corrected chi connectivity index (χ4v) is 2.95. The highest BCUT2D eigenvalue weighted by Gasteiger charge is 2.34. The second-order valence-electron chi connectivity index (χ2n) is 8.25. The van der Waals surface area contributed by atoms with Gasteiger partial charge in [0.25, 0.3) is 0 Å². The van der Waals surface area contributed by atoms with Gasteiger partial charge in [0.2, 0.25) is 23.6 Å². The van der Waals surface area contributed by atoms with Crippen molar-refractivity contribution in [1.82, 2.24) is 25.9 Å². The van der Waals surface area contributed by atoms with Gasteiger partial charge in [-0.25, -0.2) is 9.78 Å². The summed E-state index contributed by atoms with van der Waals surface area (Å²) >= 11 is 0. The SMILES string of the molecule is CC(C)C(NC(=O)C(N)CCC(N)=O)C(=O)NC(C(=O)NC(Cc1cnc[nH]1)C(=O)O)C(C)O. The van der Waals surface area contributed by atoms with E-state index in [1.807, 2.05) is 0 Å². The second kappa shape index (κ2) is 13.3. The Kier molecular flexibility index (Phi) is 11.1. The van der Waals surface area contributed by atoms with E-state index in [0.717, 1.165) is 0 Å². The average molecular weight is 484 g/mol. The number of aromatic nitrogens is 2. The lowest BCUT2D eigenvalue weighted by atomic mass is 10.0. The number of amides is 4. The predicted molar refractivity (Wildman–Crippen MR) is 119 cm³/mol. The van der Waals surface area contributed by atoms with Gasteiger partial charge in [0.15, 0.2) is 0 Å². The van der Waals surface area contributed by atoms with Crippen LogP contribution in [0.15, 0.2) is 12.5 Å². The zero-order valence-electron chi connectivity index (χ0n) is 19.3. The van der Waals surface area contributed by atoms with E-state index in [2.05, 4.69) is 25.9 Å². The Morgan fingerprint density at radius 2 is 1.62 bits per heavy atom. The summed E-state index contributed by atoms with van der Waals surface area (Å²) in [6, 6.07) is -5.06. The largest absolute Gasteiger partial charge is 0.480 e. The van der Waals surface area contributed by atoms with Crippen molar-refractivity contribution < 1.29 is 34.2 Å². The summed E-state index contributed by atoms with van der Waals surface area (Å²) in [5.41, 5.74) is 11.2. The molecule has 1 heterocycles. The lowest BCUT2D eigenvalue weighted by Crippen LogP contribution is -2.61. The Hall–Kier alpha value is -3.52. The number of nitrogens with one attached hydrogen (secondary N) is 4. The maximum absolute atomic E-state index is 12.8. The molecule has 0 fully saturated rings. The molecule has 34 heavy (non-hydrogen) atoms. The summed E-state index contributed by atoms with van der Waals surface area (Å²) in [5.74, 6) is -4.79. The number of aliphatic carboxylic acids is 1. The smallest absolute Gasteiger partial charge is 0.326 e. The molecule has 0 radical (unpaired) electrons. The van der Waals surface area contributed by atoms with Crippen molar-refractivity contribution in [2.75, 3.05) is 0 Å². The molecule has 14 heteroatoms. The van der Waals surface area contributed by atoms with Crippen molar-refractivity contribution in [3.8, 4) is 0 Å². The molecular weight excluding hydrogens is 450 g/mol. The van der Waals surface area contributed by atoms with Crippen LogP contribution in [0.4, 0.5) is 0 Å². The van der Waals surface area contributed by atoms with Crippen molar-refractivity contribution in [3.05, 3.63) is 18.2 Å². The van der Waals surface area contributed by atoms with E-state index in [1.165, 1.54) is 19.4 Å². The molecule has 5 atom stereocenters. The molecule has 0 saturated carbocycles. The van der Waals surface area contributed by atoms with E-state index in [0.29, 0.717) is 5.69 Å². The van der Waals surface area contributed by atoms with E-state index in [1.54, 1.807) is 13.8 Å². The van der Waals surface area contributed by atoms with E-state index >= 15 is 0 Å². The standard InChI is InChI=1S/C20H33N7O7/c1-9(2)15(26-17(30)12(21)4-5-14(22)29)18(31)27-16(10(3)28)19(32)25-13(20(33)34)6-11-7-23-8-24-11/h7-10,12-13,15-16,28H,4-6,21H2,1-3H3,(H2,22,29)(H,23,24)(H,25,32)(H,26,30)(H,27,31)(H,33,34). The Morgan fingerprint density at radius 3 is 2.09 bits per heavy atom. The predicted octanol–water partition coefficient (Wildman–Crippen LogP) is -2.88. The number of nitrogens with zero attached hydrogens (tertiary/aromatic N) is 1. The first-order valence-electron chi connectivity index (χ1n) is 10.7. The van der Waals surface area contributed by atoms with Crippen LogP contribution in [0.2, 0.25) is 0 Å². The summed E-state index contributed by atoms with van der Waals surface area (Å²) in [4.78, 5) is 66.9. The van der Waals surface area contributed by atoms with Crippen LogP contribution in [0.3, 0.4) is 0 Å². The van der Waals surface area contributed by atoms with Gasteiger partial charge in [0, 0.05) is 24.7 Å². The number of rotatable bonds is 14. The fraction of sp³-hybridized carbons (Fsp3) is 0.600. The monoisotopic (exact) mass is 483 g/mol. The zero-order chi connectivity index (χ0) is 26.0. The third-order valence-electron chi connectivity index (χ3n) is 4.94. The van der Waals surface area contributed by atoms with Crippen molar-refractivity contribution in [2.24, 2.45) is 17.4 Å². The van der Waals surface area contributed by atoms with Crippen molar-refractivity contribution in [3.63, 3.8) is 0 Å². The van der Waals surface area contributed by atoms with Gasteiger partial charge < -0.3 is 42.6 Å². The average Bonchev–Trinajstić information content (AvgIpc) is 3.25. The van der Waals surface area contributed by atoms with Gasteiger partial charge in [-0.1, -0.05) is 13.8 Å². The first-order chi connectivity index (χ1) is 15.8. The molecule has 0 aromatic carbocycles. The third-order valence-corrected chi connectivity index (χ3v) is 4.94. The molecule has 14 nitrogen and oxygen atoms in total. The molecule has 0 aliphatic carbocycles. The van der Waals surface area contributed by atoms with Crippen LogP contribution in [-0.2, 0) is 30.4 Å². The van der Waals surface area contributed by atoms with Crippen molar-refractivity contribution >= 4 is 29.6 Å². The molecule has 0 spiro atoms. The quantitative estimate of drug-likeness (QED) is 0.135. The molecule has 1 rings (SSSR count). The molecule has 0 aliphatic heterocycles. The molecule has 0 bridgehead atoms. The van der Waals surface area contributed by atoms with Gasteiger partial charge in [0.1, 0.15) is 18.1 Å². The van der Waals surface area contributed by atoms with Crippen molar-refractivity contribution in [2.45, 2.75) is 70.3 Å². The number of imidazole rings is 1. The van der Waals surface area contributed by atoms with Gasteiger partial charge in [-0.2, -0.15) is 0 Å². The Morgan fingerprint density at radius 1 is 1.03 bits per heavy atom. The molecular formula is C20H33N7O7. The van der Waals surface area contributed by atoms with Crippen LogP contribution in [-0.4, -0.2) is 80.1 Å². The number of H-pyrrole nitrogens is 1. The first-order valence-corrected chi connectivity index (χ1v) is 10.7. The van der Waals surface area contributed by atoms with Crippen LogP contribution < -0.4 is 27.4 Å². The van der Waals surface area contributed by atoms with Gasteiger partial charge in [-0.15, -0.1) is 0 Å². The van der Waals surface area contributed by atoms with E-state index in [4.69, 9.17) is 11.5 Å². The van der Waals surface area contributed by atoms with Crippen molar-refractivity contribution in [1.29, 1.82) is 0 Å². The maximum Gasteiger partial charge on any atom is 0.326 e. The molecule has 1 aromatic heterocycles. The summed E-state index contributed by atoms with van der Waals surface area (Å²) in [6.07, 6.45) is 1.15. The minimum Gasteiger partial charge on any atom is -0.480 e. The summed E-state index contributed by atoms with van der Waals surface area (Å²) in [6.45, 7) is 4.53. The second-order valence-corrected chi connectivity index (χ2v) is 8.25. The van der Waals surface area contributed by atoms with E-state index in [-0.39, 0.29) is 19.3 Å². The number of carbonyl (C=O) groups is 5. The van der Waals surface area contributed by atoms with Gasteiger partial charge in [-0.3, -0.25) is 19.2 Å². The molecule has 190 valence electrons. The summed E-state index contributed by atoms with van der Waals surface area (Å²) in [7, 11) is 0. The lowest BCUT2D eigenvalue weighted by Gasteiger charge is -2.28. The van der Waals surface area contributed by atoms with Crippen LogP contribution in [0.1, 0.15) is 39.3 Å². The van der Waals surface area contributed by atoms with Crippen LogP contribution >= 0.6 is 0 Å². The molecule has 5 unspecified atom stereocenters. The number of carboxylic acid groups (broad SMARTS) is 1. The van der Waals surface area contributed by atoms with Gasteiger partial charge in [-0.05, 0) is 19.3 Å². The highest BCUT2D eigenvalue weighted by Crippen LogP contribution is 2.06. The Labute approximate surface area is 196 Å². The molecule has 10 N–H and O–H groups in total. The summed E-state index contributed by atoms with van der Waals surface area (Å²) < 4.78 is 0. The maximum atomic E-state index is 12.8. The number of carbonyl (C=O) groups excluding carboxylic acids is 4. The highest BCUT2D eigenvalue weighted by atomic mass is 16.4. The van der Waals surface area contributed by atoms with Gasteiger partial charge >= 0.3 is 5.97 Å². The topological polar surface area (TPSA) is 243 Å². The number of primary amides is 1. The molecule has 0 saturated heterocycles. The van der Waals surface area contributed by atoms with Crippen LogP contribution in [0.5, 0.6) is 0 Å². The Balaban J connectivity index is 2.88. The molecule has 4 amide bonds. The van der Waals surface area contributed by atoms with E-state index in [9.17, 15) is 34.2 Å². The normalized spacial score (nSPS) is 15.5. The zero-order valence-corrected chi connectivity index (χ0v) is 19.3. The minimum atomic E-state index is -1.50. The number of aromatic amines is 1. The first kappa shape index (κ1) is 28.5. The number of carboxylic acids is 1. The number of aliphatic hydroxyl groups excluding tert-OH is 1. The highest BCUT2D eigenvalue weighted by molar-refractivity contribution is 5.94. The fourth-order valence-electron chi connectivity index (χ4n) is 2.95. The van der Waals surface area contributed by atoms with Crippen LogP contribution in [0.25, 0.3) is 0 Å². The van der Waals surface area contributed by atoms with Gasteiger partial charge in [0.05, 0.1) is 18.5 Å². The molecule has 0 aliphatic rings. The Bertz CT molecular complexity index is 857. The molecule has 1 aromatic rings. The lowest BCUT2D eigenvalue weighted by molar-refractivity contribution is -0.143. The number of hydrogen-bond donors (Lipinski definition) is 8. The van der Waals surface area contributed by atoms with E-state index < -0.39 is 65.8 Å². The third kappa shape index (κ3) is 9.15. The summed E-state index contributed by atoms with van der Waals surface area (Å²) in [5, 5.41) is 26.6. The number of hydrogen-bond acceptors (Lipinski definition) is 8. The number of nitrogens with two attached hydrogens (primary N) is 2. The minimum absolute atomic E-state index is 0.0147. The number of aliphatic hydroxyl groups is 1. The van der Waals surface area contributed by atoms with Crippen LogP contribution in [0, 0.1) is 5.92 Å².